The molecule has 0 saturated carbocycles. The lowest BCUT2D eigenvalue weighted by Crippen LogP contribution is -2.37. The third-order valence-corrected chi connectivity index (χ3v) is 4.51. The highest BCUT2D eigenvalue weighted by Gasteiger charge is 2.30. The number of hydrogen-bond acceptors (Lipinski definition) is 3. The van der Waals surface area contributed by atoms with Crippen molar-refractivity contribution in [3.63, 3.8) is 0 Å². The monoisotopic (exact) mass is 280 g/mol. The van der Waals surface area contributed by atoms with E-state index in [1.165, 1.54) is 12.1 Å². The van der Waals surface area contributed by atoms with Gasteiger partial charge in [-0.25, -0.2) is 4.39 Å². The molecule has 112 valence electrons. The molecular weight excluding hydrogens is 255 g/mol. The second-order valence-corrected chi connectivity index (χ2v) is 5.54. The first kappa shape index (κ1) is 15.3. The molecule has 0 bridgehead atoms. The summed E-state index contributed by atoms with van der Waals surface area (Å²) < 4.78 is 13.1. The predicted molar refractivity (Wildman–Crippen MR) is 79.4 cm³/mol. The summed E-state index contributed by atoms with van der Waals surface area (Å²) in [4.78, 5) is 4.85. The van der Waals surface area contributed by atoms with Crippen LogP contribution < -0.4 is 0 Å². The Labute approximate surface area is 121 Å². The average Bonchev–Trinajstić information content (AvgIpc) is 2.89. The molecule has 0 spiro atoms. The van der Waals surface area contributed by atoms with Crippen LogP contribution in [0.3, 0.4) is 0 Å². The molecule has 1 aromatic carbocycles. The third kappa shape index (κ3) is 3.13. The van der Waals surface area contributed by atoms with Crippen LogP contribution in [0.1, 0.15) is 38.8 Å². The average molecular weight is 280 g/mol. The van der Waals surface area contributed by atoms with Crippen LogP contribution in [-0.2, 0) is 0 Å². The van der Waals surface area contributed by atoms with E-state index in [2.05, 4.69) is 30.6 Å². The Morgan fingerprint density at radius 1 is 1.40 bits per heavy atom. The summed E-state index contributed by atoms with van der Waals surface area (Å²) in [6.45, 7) is 10.7. The minimum atomic E-state index is -0.388. The summed E-state index contributed by atoms with van der Waals surface area (Å²) in [5.74, 6) is -0.329. The van der Waals surface area contributed by atoms with Crippen LogP contribution in [0.15, 0.2) is 18.2 Å². The van der Waals surface area contributed by atoms with E-state index in [-0.39, 0.29) is 17.6 Å². The minimum absolute atomic E-state index is 0.0591. The van der Waals surface area contributed by atoms with Gasteiger partial charge in [0.15, 0.2) is 0 Å². The van der Waals surface area contributed by atoms with Crippen molar-refractivity contribution in [2.45, 2.75) is 39.3 Å². The highest BCUT2D eigenvalue weighted by molar-refractivity contribution is 5.35. The Balaban J connectivity index is 2.05. The second-order valence-electron chi connectivity index (χ2n) is 5.54. The zero-order valence-corrected chi connectivity index (χ0v) is 12.6. The molecule has 20 heavy (non-hydrogen) atoms. The molecule has 0 aromatic heterocycles. The van der Waals surface area contributed by atoms with Crippen molar-refractivity contribution in [3.05, 3.63) is 29.6 Å². The molecule has 1 aromatic rings. The standard InChI is InChI=1S/C16H25FN2O/c1-4-18(5-2)14-8-9-19(11-14)12(3)15-7-6-13(17)10-16(15)20/h6-7,10,12,14,20H,4-5,8-9,11H2,1-3H3. The van der Waals surface area contributed by atoms with Crippen LogP contribution in [-0.4, -0.2) is 47.1 Å². The van der Waals surface area contributed by atoms with Gasteiger partial charge < -0.3 is 5.11 Å². The number of phenols is 1. The molecule has 0 amide bonds. The summed E-state index contributed by atoms with van der Waals surface area (Å²) in [6.07, 6.45) is 1.16. The molecule has 2 unspecified atom stereocenters. The number of rotatable bonds is 5. The van der Waals surface area contributed by atoms with Crippen LogP contribution >= 0.6 is 0 Å². The van der Waals surface area contributed by atoms with E-state index in [9.17, 15) is 9.50 Å². The highest BCUT2D eigenvalue weighted by atomic mass is 19.1. The quantitative estimate of drug-likeness (QED) is 0.898. The highest BCUT2D eigenvalue weighted by Crippen LogP contribution is 2.32. The smallest absolute Gasteiger partial charge is 0.126 e. The van der Waals surface area contributed by atoms with Gasteiger partial charge in [-0.3, -0.25) is 9.80 Å². The Kier molecular flexibility index (Phi) is 5.00. The number of likely N-dealkylation sites (N-methyl/N-ethyl adjacent to an activating group) is 1. The number of hydrogen-bond donors (Lipinski definition) is 1. The molecular formula is C16H25FN2O. The Morgan fingerprint density at radius 3 is 2.70 bits per heavy atom. The maximum Gasteiger partial charge on any atom is 0.126 e. The van der Waals surface area contributed by atoms with Gasteiger partial charge in [0, 0.05) is 36.8 Å². The van der Waals surface area contributed by atoms with Crippen LogP contribution in [0.2, 0.25) is 0 Å². The van der Waals surface area contributed by atoms with Gasteiger partial charge >= 0.3 is 0 Å². The van der Waals surface area contributed by atoms with Crippen molar-refractivity contribution in [2.24, 2.45) is 0 Å². The Hall–Kier alpha value is -1.13. The van der Waals surface area contributed by atoms with E-state index in [1.807, 2.05) is 0 Å². The summed E-state index contributed by atoms with van der Waals surface area (Å²) in [5, 5.41) is 9.91. The van der Waals surface area contributed by atoms with Gasteiger partial charge in [0.1, 0.15) is 11.6 Å². The summed E-state index contributed by atoms with van der Waals surface area (Å²) in [5.41, 5.74) is 0.812. The third-order valence-electron chi connectivity index (χ3n) is 4.51. The van der Waals surface area contributed by atoms with Gasteiger partial charge in [-0.15, -0.1) is 0 Å². The zero-order chi connectivity index (χ0) is 14.7. The Bertz CT molecular complexity index is 448. The number of aromatic hydroxyl groups is 1. The first-order chi connectivity index (χ1) is 9.56. The molecule has 1 aliphatic heterocycles. The predicted octanol–water partition coefficient (Wildman–Crippen LogP) is 3.01. The van der Waals surface area contributed by atoms with Crippen LogP contribution in [0, 0.1) is 5.82 Å². The van der Waals surface area contributed by atoms with Gasteiger partial charge in [-0.1, -0.05) is 19.9 Å². The molecule has 1 heterocycles. The number of halogens is 1. The van der Waals surface area contributed by atoms with E-state index in [0.29, 0.717) is 6.04 Å². The van der Waals surface area contributed by atoms with E-state index in [1.54, 1.807) is 6.07 Å². The number of benzene rings is 1. The molecule has 4 heteroatoms. The Morgan fingerprint density at radius 2 is 2.10 bits per heavy atom. The molecule has 1 aliphatic rings. The lowest BCUT2D eigenvalue weighted by Gasteiger charge is -2.29. The van der Waals surface area contributed by atoms with Crippen molar-refractivity contribution < 1.29 is 9.50 Å². The van der Waals surface area contributed by atoms with Gasteiger partial charge in [0.05, 0.1) is 0 Å². The summed E-state index contributed by atoms with van der Waals surface area (Å²) in [7, 11) is 0. The van der Waals surface area contributed by atoms with E-state index < -0.39 is 0 Å². The van der Waals surface area contributed by atoms with Crippen molar-refractivity contribution in [2.75, 3.05) is 26.2 Å². The van der Waals surface area contributed by atoms with E-state index in [4.69, 9.17) is 0 Å². The second kappa shape index (κ2) is 6.55. The van der Waals surface area contributed by atoms with Crippen molar-refractivity contribution in [1.82, 2.24) is 9.80 Å². The number of phenolic OH excluding ortho intramolecular Hbond substituents is 1. The lowest BCUT2D eigenvalue weighted by molar-refractivity contribution is 0.192. The van der Waals surface area contributed by atoms with Crippen molar-refractivity contribution >= 4 is 0 Å². The minimum Gasteiger partial charge on any atom is -0.508 e. The first-order valence-electron chi connectivity index (χ1n) is 7.53. The first-order valence-corrected chi connectivity index (χ1v) is 7.53. The topological polar surface area (TPSA) is 26.7 Å². The van der Waals surface area contributed by atoms with Crippen LogP contribution in [0.5, 0.6) is 5.75 Å². The fourth-order valence-corrected chi connectivity index (χ4v) is 3.22. The summed E-state index contributed by atoms with van der Waals surface area (Å²) >= 11 is 0. The molecule has 2 rings (SSSR count). The van der Waals surface area contributed by atoms with Crippen molar-refractivity contribution in [3.8, 4) is 5.75 Å². The van der Waals surface area contributed by atoms with Crippen LogP contribution in [0.4, 0.5) is 4.39 Å². The van der Waals surface area contributed by atoms with E-state index >= 15 is 0 Å². The molecule has 0 aliphatic carbocycles. The van der Waals surface area contributed by atoms with E-state index in [0.717, 1.165) is 38.2 Å². The fraction of sp³-hybridized carbons (Fsp3) is 0.625. The van der Waals surface area contributed by atoms with Crippen molar-refractivity contribution in [1.29, 1.82) is 0 Å². The molecule has 2 atom stereocenters. The van der Waals surface area contributed by atoms with Gasteiger partial charge in [0.2, 0.25) is 0 Å². The molecule has 0 radical (unpaired) electrons. The number of likely N-dealkylation sites (tertiary alicyclic amines) is 1. The molecule has 1 saturated heterocycles. The molecule has 1 fully saturated rings. The maximum absolute atomic E-state index is 13.1. The molecule has 1 N–H and O–H groups in total. The summed E-state index contributed by atoms with van der Waals surface area (Å²) in [6, 6.07) is 5.03. The van der Waals surface area contributed by atoms with Gasteiger partial charge in [-0.2, -0.15) is 0 Å². The van der Waals surface area contributed by atoms with Gasteiger partial charge in [-0.05, 0) is 32.5 Å². The fourth-order valence-electron chi connectivity index (χ4n) is 3.22. The zero-order valence-electron chi connectivity index (χ0n) is 12.6. The van der Waals surface area contributed by atoms with Gasteiger partial charge in [0.25, 0.3) is 0 Å². The SMILES string of the molecule is CCN(CC)C1CCN(C(C)c2ccc(F)cc2O)C1. The largest absolute Gasteiger partial charge is 0.508 e. The maximum atomic E-state index is 13.1. The number of nitrogens with zero attached hydrogens (tertiary/aromatic N) is 2. The molecule has 3 nitrogen and oxygen atoms in total. The lowest BCUT2D eigenvalue weighted by atomic mass is 10.1. The van der Waals surface area contributed by atoms with Crippen LogP contribution in [0.25, 0.3) is 0 Å². The normalized spacial score (nSPS) is 21.6.